The van der Waals surface area contributed by atoms with Gasteiger partial charge < -0.3 is 14.7 Å². The molecule has 0 saturated carbocycles. The highest BCUT2D eigenvalue weighted by molar-refractivity contribution is 6.06. The molecule has 24 heavy (non-hydrogen) atoms. The number of rotatable bonds is 5. The average Bonchev–Trinajstić information content (AvgIpc) is 3.16. The molecule has 0 fully saturated rings. The fraction of sp³-hybridized carbons (Fsp3) is 0.316. The number of nitrogens with one attached hydrogen (secondary N) is 2. The van der Waals surface area contributed by atoms with Gasteiger partial charge in [0.25, 0.3) is 5.91 Å². The minimum absolute atomic E-state index is 0.00438. The van der Waals surface area contributed by atoms with E-state index in [1.165, 1.54) is 5.56 Å². The largest absolute Gasteiger partial charge is 0.468 e. The van der Waals surface area contributed by atoms with Crippen molar-refractivity contribution in [1.29, 1.82) is 0 Å². The third kappa shape index (κ3) is 2.95. The Hall–Kier alpha value is -2.53. The number of hydrogen-bond donors (Lipinski definition) is 2. The third-order valence-corrected chi connectivity index (χ3v) is 4.54. The number of para-hydroxylation sites is 1. The molecule has 0 spiro atoms. The molecule has 5 heteroatoms. The van der Waals surface area contributed by atoms with E-state index in [1.54, 1.807) is 6.26 Å². The molecule has 0 radical (unpaired) electrons. The van der Waals surface area contributed by atoms with Crippen molar-refractivity contribution in [3.63, 3.8) is 0 Å². The maximum absolute atomic E-state index is 12.7. The van der Waals surface area contributed by atoms with E-state index in [4.69, 9.17) is 4.42 Å². The summed E-state index contributed by atoms with van der Waals surface area (Å²) in [6.07, 6.45) is 1.65. The number of aromatic nitrogens is 1. The molecular formula is C19H23N3O2. The Kier molecular flexibility index (Phi) is 4.44. The zero-order valence-corrected chi connectivity index (χ0v) is 14.5. The third-order valence-electron chi connectivity index (χ3n) is 4.54. The maximum Gasteiger partial charge on any atom is 0.253 e. The van der Waals surface area contributed by atoms with Crippen molar-refractivity contribution in [2.45, 2.75) is 19.9 Å². The topological polar surface area (TPSA) is 61.3 Å². The Labute approximate surface area is 141 Å². The molecule has 0 aliphatic carbocycles. The number of furan rings is 1. The number of likely N-dealkylation sites (N-methyl/N-ethyl adjacent to an activating group) is 1. The Balaban J connectivity index is 1.81. The number of amides is 1. The van der Waals surface area contributed by atoms with Crippen molar-refractivity contribution in [1.82, 2.24) is 15.2 Å². The van der Waals surface area contributed by atoms with Gasteiger partial charge in [-0.3, -0.25) is 9.69 Å². The smallest absolute Gasteiger partial charge is 0.253 e. The standard InChI is InChI=1S/C19H23N3O2/c1-12-13(2)21-18-14(12)7-5-8-15(18)19(23)20-11-16(22(3)4)17-9-6-10-24-17/h5-10,16,21H,11H2,1-4H3,(H,20,23). The van der Waals surface area contributed by atoms with E-state index < -0.39 is 0 Å². The minimum atomic E-state index is -0.0831. The van der Waals surface area contributed by atoms with Crippen molar-refractivity contribution >= 4 is 16.8 Å². The van der Waals surface area contributed by atoms with Crippen LogP contribution < -0.4 is 5.32 Å². The lowest BCUT2D eigenvalue weighted by Crippen LogP contribution is -2.34. The first-order valence-corrected chi connectivity index (χ1v) is 8.05. The molecule has 0 bridgehead atoms. The van der Waals surface area contributed by atoms with Crippen LogP contribution in [0.3, 0.4) is 0 Å². The van der Waals surface area contributed by atoms with E-state index in [0.717, 1.165) is 22.4 Å². The van der Waals surface area contributed by atoms with E-state index in [0.29, 0.717) is 12.1 Å². The monoisotopic (exact) mass is 325 g/mol. The highest BCUT2D eigenvalue weighted by Gasteiger charge is 2.19. The lowest BCUT2D eigenvalue weighted by atomic mass is 10.1. The van der Waals surface area contributed by atoms with Gasteiger partial charge in [0.15, 0.2) is 0 Å². The van der Waals surface area contributed by atoms with Gasteiger partial charge in [-0.15, -0.1) is 0 Å². The molecule has 5 nitrogen and oxygen atoms in total. The Bertz CT molecular complexity index is 847. The number of carbonyl (C=O) groups is 1. The SMILES string of the molecule is Cc1[nH]c2c(C(=O)NCC(c3ccco3)N(C)C)cccc2c1C. The van der Waals surface area contributed by atoms with E-state index in [2.05, 4.69) is 17.2 Å². The number of nitrogens with zero attached hydrogens (tertiary/aromatic N) is 1. The van der Waals surface area contributed by atoms with Crippen LogP contribution in [0.1, 0.15) is 33.4 Å². The van der Waals surface area contributed by atoms with E-state index in [-0.39, 0.29) is 11.9 Å². The van der Waals surface area contributed by atoms with E-state index in [9.17, 15) is 4.79 Å². The number of benzene rings is 1. The fourth-order valence-corrected chi connectivity index (χ4v) is 2.98. The van der Waals surface area contributed by atoms with Crippen LogP contribution in [-0.2, 0) is 0 Å². The first-order valence-electron chi connectivity index (χ1n) is 8.05. The van der Waals surface area contributed by atoms with Gasteiger partial charge in [0.1, 0.15) is 5.76 Å². The van der Waals surface area contributed by atoms with Crippen LogP contribution in [0.25, 0.3) is 10.9 Å². The van der Waals surface area contributed by atoms with Crippen LogP contribution in [0.4, 0.5) is 0 Å². The highest BCUT2D eigenvalue weighted by Crippen LogP contribution is 2.24. The van der Waals surface area contributed by atoms with Gasteiger partial charge in [0, 0.05) is 17.6 Å². The van der Waals surface area contributed by atoms with Crippen LogP contribution in [0, 0.1) is 13.8 Å². The molecule has 3 rings (SSSR count). The number of aryl methyl sites for hydroxylation is 2. The van der Waals surface area contributed by atoms with Crippen LogP contribution in [0.15, 0.2) is 41.0 Å². The second kappa shape index (κ2) is 6.53. The van der Waals surface area contributed by atoms with Gasteiger partial charge in [-0.25, -0.2) is 0 Å². The van der Waals surface area contributed by atoms with E-state index in [1.807, 2.05) is 56.3 Å². The lowest BCUT2D eigenvalue weighted by Gasteiger charge is -2.22. The zero-order chi connectivity index (χ0) is 17.3. The second-order valence-corrected chi connectivity index (χ2v) is 6.31. The number of carbonyl (C=O) groups excluding carboxylic acids is 1. The Morgan fingerprint density at radius 3 is 2.71 bits per heavy atom. The molecule has 2 N–H and O–H groups in total. The highest BCUT2D eigenvalue weighted by atomic mass is 16.3. The van der Waals surface area contributed by atoms with Crippen molar-refractivity contribution in [3.8, 4) is 0 Å². The number of hydrogen-bond acceptors (Lipinski definition) is 3. The summed E-state index contributed by atoms with van der Waals surface area (Å²) in [6, 6.07) is 9.60. The van der Waals surface area contributed by atoms with Crippen molar-refractivity contribution in [2.75, 3.05) is 20.6 Å². The summed E-state index contributed by atoms with van der Waals surface area (Å²) in [5.74, 6) is 0.755. The maximum atomic E-state index is 12.7. The molecule has 1 aromatic carbocycles. The number of H-pyrrole nitrogens is 1. The number of fused-ring (bicyclic) bond motifs is 1. The van der Waals surface area contributed by atoms with Crippen LogP contribution in [-0.4, -0.2) is 36.4 Å². The van der Waals surface area contributed by atoms with Gasteiger partial charge in [0.2, 0.25) is 0 Å². The summed E-state index contributed by atoms with van der Waals surface area (Å²) in [7, 11) is 3.94. The predicted molar refractivity (Wildman–Crippen MR) is 95.2 cm³/mol. The summed E-state index contributed by atoms with van der Waals surface area (Å²) in [4.78, 5) is 18.1. The van der Waals surface area contributed by atoms with Crippen molar-refractivity contribution in [2.24, 2.45) is 0 Å². The quantitative estimate of drug-likeness (QED) is 0.756. The van der Waals surface area contributed by atoms with Gasteiger partial charge in [-0.05, 0) is 51.7 Å². The first-order chi connectivity index (χ1) is 11.5. The summed E-state index contributed by atoms with van der Waals surface area (Å²) < 4.78 is 5.49. The normalized spacial score (nSPS) is 12.7. The van der Waals surface area contributed by atoms with Gasteiger partial charge >= 0.3 is 0 Å². The summed E-state index contributed by atoms with van der Waals surface area (Å²) in [5, 5.41) is 4.12. The molecule has 3 aromatic rings. The molecule has 1 amide bonds. The second-order valence-electron chi connectivity index (χ2n) is 6.31. The van der Waals surface area contributed by atoms with Crippen molar-refractivity contribution < 1.29 is 9.21 Å². The van der Waals surface area contributed by atoms with Crippen LogP contribution in [0.5, 0.6) is 0 Å². The van der Waals surface area contributed by atoms with Crippen LogP contribution in [0.2, 0.25) is 0 Å². The number of aromatic amines is 1. The Morgan fingerprint density at radius 1 is 1.25 bits per heavy atom. The molecule has 0 aliphatic rings. The molecule has 2 heterocycles. The lowest BCUT2D eigenvalue weighted by molar-refractivity contribution is 0.0940. The predicted octanol–water partition coefficient (Wildman–Crippen LogP) is 3.41. The van der Waals surface area contributed by atoms with E-state index >= 15 is 0 Å². The molecule has 2 aromatic heterocycles. The first kappa shape index (κ1) is 16.3. The average molecular weight is 325 g/mol. The summed E-state index contributed by atoms with van der Waals surface area (Å²) in [5.41, 5.74) is 3.83. The Morgan fingerprint density at radius 2 is 2.04 bits per heavy atom. The van der Waals surface area contributed by atoms with Crippen LogP contribution >= 0.6 is 0 Å². The van der Waals surface area contributed by atoms with Gasteiger partial charge in [-0.2, -0.15) is 0 Å². The molecule has 126 valence electrons. The fourth-order valence-electron chi connectivity index (χ4n) is 2.98. The summed E-state index contributed by atoms with van der Waals surface area (Å²) in [6.45, 7) is 4.57. The minimum Gasteiger partial charge on any atom is -0.468 e. The molecular weight excluding hydrogens is 302 g/mol. The van der Waals surface area contributed by atoms with Gasteiger partial charge in [0.05, 0.1) is 23.4 Å². The molecule has 0 saturated heterocycles. The zero-order valence-electron chi connectivity index (χ0n) is 14.5. The molecule has 0 aliphatic heterocycles. The molecule has 1 unspecified atom stereocenters. The summed E-state index contributed by atoms with van der Waals surface area (Å²) >= 11 is 0. The molecule has 1 atom stereocenters. The van der Waals surface area contributed by atoms with Gasteiger partial charge in [-0.1, -0.05) is 12.1 Å². The van der Waals surface area contributed by atoms with Crippen molar-refractivity contribution in [3.05, 3.63) is 59.2 Å².